The third-order valence-electron chi connectivity index (χ3n) is 5.53. The lowest BCUT2D eigenvalue weighted by molar-refractivity contribution is -0.0380. The smallest absolute Gasteiger partial charge is 0.235 e. The van der Waals surface area contributed by atoms with Crippen LogP contribution in [-0.2, 0) is 16.8 Å². The van der Waals surface area contributed by atoms with Gasteiger partial charge in [-0.25, -0.2) is 15.0 Å². The molecule has 0 saturated carbocycles. The van der Waals surface area contributed by atoms with Gasteiger partial charge in [0, 0.05) is 18.6 Å². The maximum Gasteiger partial charge on any atom is 0.235 e. The number of aromatic nitrogens is 4. The lowest BCUT2D eigenvalue weighted by Gasteiger charge is -2.42. The minimum atomic E-state index is -0.0708. The summed E-state index contributed by atoms with van der Waals surface area (Å²) >= 11 is 0. The van der Waals surface area contributed by atoms with E-state index in [1.807, 2.05) is 24.4 Å². The molecule has 30 heavy (non-hydrogen) atoms. The van der Waals surface area contributed by atoms with Crippen molar-refractivity contribution in [1.82, 2.24) is 19.5 Å². The molecule has 6 nitrogen and oxygen atoms in total. The van der Waals surface area contributed by atoms with Crippen molar-refractivity contribution in [2.45, 2.75) is 18.9 Å². The van der Waals surface area contributed by atoms with Gasteiger partial charge in [0.15, 0.2) is 0 Å². The molecule has 150 valence electrons. The Morgan fingerprint density at radius 2 is 1.70 bits per heavy atom. The molecule has 1 fully saturated rings. The Labute approximate surface area is 175 Å². The SMILES string of the molecule is Cc1ccc(C2(c3ccc(OCc4ccnc(-n5ccnc5)n4)cc3)COC2)cc1. The van der Waals surface area contributed by atoms with Crippen molar-refractivity contribution in [2.24, 2.45) is 0 Å². The molecule has 1 aliphatic rings. The van der Waals surface area contributed by atoms with E-state index in [1.54, 1.807) is 23.3 Å². The normalized spacial score (nSPS) is 14.8. The Hall–Kier alpha value is -3.51. The first-order valence-electron chi connectivity index (χ1n) is 9.91. The monoisotopic (exact) mass is 398 g/mol. The van der Waals surface area contributed by atoms with Crippen LogP contribution in [0.5, 0.6) is 5.75 Å². The van der Waals surface area contributed by atoms with Crippen molar-refractivity contribution in [3.8, 4) is 11.7 Å². The largest absolute Gasteiger partial charge is 0.487 e. The molecule has 3 heterocycles. The van der Waals surface area contributed by atoms with Gasteiger partial charge < -0.3 is 9.47 Å². The molecule has 0 spiro atoms. The highest BCUT2D eigenvalue weighted by atomic mass is 16.5. The summed E-state index contributed by atoms with van der Waals surface area (Å²) in [6.45, 7) is 3.88. The second-order valence-corrected chi connectivity index (χ2v) is 7.57. The lowest BCUT2D eigenvalue weighted by Crippen LogP contribution is -2.47. The van der Waals surface area contributed by atoms with Gasteiger partial charge in [-0.05, 0) is 36.2 Å². The highest BCUT2D eigenvalue weighted by molar-refractivity contribution is 5.44. The molecule has 0 N–H and O–H groups in total. The van der Waals surface area contributed by atoms with Crippen LogP contribution in [0.15, 0.2) is 79.5 Å². The third-order valence-corrected chi connectivity index (χ3v) is 5.53. The third kappa shape index (κ3) is 3.46. The van der Waals surface area contributed by atoms with Crippen molar-refractivity contribution in [1.29, 1.82) is 0 Å². The Morgan fingerprint density at radius 3 is 2.33 bits per heavy atom. The molecule has 6 heteroatoms. The van der Waals surface area contributed by atoms with E-state index in [4.69, 9.17) is 9.47 Å². The first-order chi connectivity index (χ1) is 14.7. The van der Waals surface area contributed by atoms with E-state index >= 15 is 0 Å². The van der Waals surface area contributed by atoms with E-state index in [9.17, 15) is 0 Å². The number of rotatable bonds is 6. The van der Waals surface area contributed by atoms with Gasteiger partial charge in [-0.1, -0.05) is 42.0 Å². The zero-order valence-corrected chi connectivity index (χ0v) is 16.7. The summed E-state index contributed by atoms with van der Waals surface area (Å²) in [5, 5.41) is 0. The van der Waals surface area contributed by atoms with E-state index in [0.717, 1.165) is 11.4 Å². The van der Waals surface area contributed by atoms with Gasteiger partial charge in [0.2, 0.25) is 5.95 Å². The van der Waals surface area contributed by atoms with Gasteiger partial charge in [0.1, 0.15) is 18.7 Å². The van der Waals surface area contributed by atoms with Gasteiger partial charge in [0.05, 0.1) is 24.3 Å². The first-order valence-corrected chi connectivity index (χ1v) is 9.91. The summed E-state index contributed by atoms with van der Waals surface area (Å²) in [6.07, 6.45) is 6.91. The van der Waals surface area contributed by atoms with Gasteiger partial charge in [-0.3, -0.25) is 4.57 Å². The van der Waals surface area contributed by atoms with Crippen LogP contribution in [0.4, 0.5) is 0 Å². The van der Waals surface area contributed by atoms with Gasteiger partial charge in [-0.2, -0.15) is 0 Å². The highest BCUT2D eigenvalue weighted by Crippen LogP contribution is 2.39. The van der Waals surface area contributed by atoms with E-state index in [2.05, 4.69) is 58.3 Å². The van der Waals surface area contributed by atoms with Gasteiger partial charge in [-0.15, -0.1) is 0 Å². The number of ether oxygens (including phenoxy) is 2. The van der Waals surface area contributed by atoms with Crippen LogP contribution in [0.25, 0.3) is 5.95 Å². The van der Waals surface area contributed by atoms with Crippen molar-refractivity contribution in [3.63, 3.8) is 0 Å². The Bertz CT molecular complexity index is 1120. The molecule has 2 aromatic carbocycles. The molecule has 0 aliphatic carbocycles. The Morgan fingerprint density at radius 1 is 0.967 bits per heavy atom. The van der Waals surface area contributed by atoms with Crippen molar-refractivity contribution >= 4 is 0 Å². The second-order valence-electron chi connectivity index (χ2n) is 7.57. The van der Waals surface area contributed by atoms with Crippen LogP contribution in [0.3, 0.4) is 0 Å². The fraction of sp³-hybridized carbons (Fsp3) is 0.208. The fourth-order valence-corrected chi connectivity index (χ4v) is 3.67. The molecule has 2 aromatic heterocycles. The predicted octanol–water partition coefficient (Wildman–Crippen LogP) is 3.87. The number of hydrogen-bond donors (Lipinski definition) is 0. The van der Waals surface area contributed by atoms with Crippen molar-refractivity contribution in [2.75, 3.05) is 13.2 Å². The molecule has 5 rings (SSSR count). The molecule has 0 unspecified atom stereocenters. The Kier molecular flexibility index (Phi) is 4.77. The molecule has 1 aliphatic heterocycles. The minimum absolute atomic E-state index is 0.0708. The predicted molar refractivity (Wildman–Crippen MR) is 113 cm³/mol. The second kappa shape index (κ2) is 7.72. The first kappa shape index (κ1) is 18.5. The lowest BCUT2D eigenvalue weighted by atomic mass is 9.73. The number of benzene rings is 2. The minimum Gasteiger partial charge on any atom is -0.487 e. The summed E-state index contributed by atoms with van der Waals surface area (Å²) in [5.41, 5.74) is 4.54. The summed E-state index contributed by atoms with van der Waals surface area (Å²) in [4.78, 5) is 12.8. The molecule has 0 atom stereocenters. The molecular formula is C24H22N4O2. The van der Waals surface area contributed by atoms with Crippen molar-refractivity contribution < 1.29 is 9.47 Å². The average Bonchev–Trinajstić information content (AvgIpc) is 3.29. The molecule has 1 saturated heterocycles. The van der Waals surface area contributed by atoms with Crippen LogP contribution in [-0.4, -0.2) is 32.7 Å². The van der Waals surface area contributed by atoms with E-state index in [1.165, 1.54) is 16.7 Å². The average molecular weight is 398 g/mol. The Balaban J connectivity index is 1.30. The summed E-state index contributed by atoms with van der Waals surface area (Å²) in [7, 11) is 0. The number of nitrogens with zero attached hydrogens (tertiary/aromatic N) is 4. The summed E-state index contributed by atoms with van der Waals surface area (Å²) < 4.78 is 13.3. The number of hydrogen-bond acceptors (Lipinski definition) is 5. The van der Waals surface area contributed by atoms with E-state index in [0.29, 0.717) is 25.8 Å². The molecule has 0 amide bonds. The van der Waals surface area contributed by atoms with Crippen LogP contribution < -0.4 is 4.74 Å². The highest BCUT2D eigenvalue weighted by Gasteiger charge is 2.41. The van der Waals surface area contributed by atoms with Crippen molar-refractivity contribution in [3.05, 3.63) is 102 Å². The summed E-state index contributed by atoms with van der Waals surface area (Å²) in [5.74, 6) is 1.38. The van der Waals surface area contributed by atoms with Crippen LogP contribution >= 0.6 is 0 Å². The maximum absolute atomic E-state index is 5.96. The quantitative estimate of drug-likeness (QED) is 0.493. The number of imidazole rings is 1. The molecule has 0 bridgehead atoms. The van der Waals surface area contributed by atoms with Crippen LogP contribution in [0.1, 0.15) is 22.4 Å². The van der Waals surface area contributed by atoms with Crippen LogP contribution in [0.2, 0.25) is 0 Å². The zero-order valence-electron chi connectivity index (χ0n) is 16.7. The van der Waals surface area contributed by atoms with Gasteiger partial charge >= 0.3 is 0 Å². The topological polar surface area (TPSA) is 62.1 Å². The van der Waals surface area contributed by atoms with E-state index < -0.39 is 0 Å². The number of aryl methyl sites for hydroxylation is 1. The molecule has 4 aromatic rings. The molecular weight excluding hydrogens is 376 g/mol. The van der Waals surface area contributed by atoms with Gasteiger partial charge in [0.25, 0.3) is 0 Å². The van der Waals surface area contributed by atoms with E-state index in [-0.39, 0.29) is 5.41 Å². The maximum atomic E-state index is 5.96. The zero-order chi connectivity index (χ0) is 20.4. The molecule has 0 radical (unpaired) electrons. The van der Waals surface area contributed by atoms with Crippen LogP contribution in [0, 0.1) is 6.92 Å². The fourth-order valence-electron chi connectivity index (χ4n) is 3.67. The summed E-state index contributed by atoms with van der Waals surface area (Å²) in [6, 6.07) is 18.9. The standard InChI is InChI=1S/C24H22N4O2/c1-18-2-4-19(5-3-18)24(15-29-16-24)20-6-8-22(9-7-20)30-14-21-10-11-26-23(27-21)28-13-12-25-17-28/h2-13,17H,14-16H2,1H3.